The van der Waals surface area contributed by atoms with Crippen molar-refractivity contribution in [3.05, 3.63) is 75.8 Å². The maximum Gasteiger partial charge on any atom is 0.251 e. The molecule has 0 heterocycles. The Bertz CT molecular complexity index is 1050. The lowest BCUT2D eigenvalue weighted by Crippen LogP contribution is -2.30. The van der Waals surface area contributed by atoms with Crippen molar-refractivity contribution in [2.24, 2.45) is 0 Å². The Kier molecular flexibility index (Phi) is 7.21. The number of sulfonamides is 1. The van der Waals surface area contributed by atoms with Crippen LogP contribution in [-0.4, -0.2) is 27.1 Å². The molecule has 5 nitrogen and oxygen atoms in total. The van der Waals surface area contributed by atoms with Crippen LogP contribution < -0.4 is 9.62 Å². The van der Waals surface area contributed by atoms with Gasteiger partial charge in [-0.1, -0.05) is 35.4 Å². The number of allylic oxidation sites excluding steroid dienone is 1. The minimum absolute atomic E-state index is 0.124. The van der Waals surface area contributed by atoms with Crippen LogP contribution >= 0.6 is 11.6 Å². The summed E-state index contributed by atoms with van der Waals surface area (Å²) >= 11 is 6.01. The fourth-order valence-electron chi connectivity index (χ4n) is 3.57. The maximum atomic E-state index is 12.4. The lowest BCUT2D eigenvalue weighted by Gasteiger charge is -2.24. The van der Waals surface area contributed by atoms with Gasteiger partial charge in [-0.3, -0.25) is 9.10 Å². The zero-order valence-corrected chi connectivity index (χ0v) is 18.9. The third-order valence-electron chi connectivity index (χ3n) is 5.23. The minimum atomic E-state index is -3.49. The first-order chi connectivity index (χ1) is 14.2. The molecular formula is C23H27ClN2O3S. The Balaban J connectivity index is 1.71. The van der Waals surface area contributed by atoms with Crippen molar-refractivity contribution in [1.29, 1.82) is 0 Å². The molecule has 3 rings (SSSR count). The van der Waals surface area contributed by atoms with E-state index in [1.165, 1.54) is 29.0 Å². The van der Waals surface area contributed by atoms with Gasteiger partial charge in [-0.2, -0.15) is 0 Å². The van der Waals surface area contributed by atoms with Crippen LogP contribution in [0.2, 0.25) is 5.02 Å². The topological polar surface area (TPSA) is 66.5 Å². The molecule has 1 aliphatic carbocycles. The van der Waals surface area contributed by atoms with Gasteiger partial charge in [0.1, 0.15) is 0 Å². The van der Waals surface area contributed by atoms with Crippen molar-refractivity contribution >= 4 is 33.2 Å². The summed E-state index contributed by atoms with van der Waals surface area (Å²) < 4.78 is 26.2. The summed E-state index contributed by atoms with van der Waals surface area (Å²) in [6, 6.07) is 12.2. The van der Waals surface area contributed by atoms with Crippen molar-refractivity contribution in [3.8, 4) is 0 Å². The molecule has 0 atom stereocenters. The van der Waals surface area contributed by atoms with E-state index in [1.54, 1.807) is 42.5 Å². The number of nitrogens with zero attached hydrogens (tertiary/aromatic N) is 1. The Hall–Kier alpha value is -2.31. The van der Waals surface area contributed by atoms with Crippen LogP contribution in [0.1, 0.15) is 47.2 Å². The van der Waals surface area contributed by atoms with Crippen LogP contribution in [0, 0.1) is 6.92 Å². The molecule has 2 aromatic rings. The summed E-state index contributed by atoms with van der Waals surface area (Å²) in [5.41, 5.74) is 4.00. The van der Waals surface area contributed by atoms with E-state index >= 15 is 0 Å². The van der Waals surface area contributed by atoms with Crippen LogP contribution in [-0.2, 0) is 16.6 Å². The van der Waals surface area contributed by atoms with E-state index in [0.29, 0.717) is 22.8 Å². The van der Waals surface area contributed by atoms with Crippen LogP contribution in [0.4, 0.5) is 5.69 Å². The second kappa shape index (κ2) is 9.67. The highest BCUT2D eigenvalue weighted by atomic mass is 35.5. The van der Waals surface area contributed by atoms with Crippen molar-refractivity contribution in [2.75, 3.05) is 17.1 Å². The third kappa shape index (κ3) is 5.86. The summed E-state index contributed by atoms with van der Waals surface area (Å²) in [5.74, 6) is -0.124. The van der Waals surface area contributed by atoms with Gasteiger partial charge in [0.2, 0.25) is 10.0 Å². The number of carbonyl (C=O) groups excluding carboxylic acids is 1. The van der Waals surface area contributed by atoms with Crippen LogP contribution in [0.25, 0.3) is 0 Å². The van der Waals surface area contributed by atoms with E-state index in [2.05, 4.69) is 11.4 Å². The second-order valence-corrected chi connectivity index (χ2v) is 10.0. The highest BCUT2D eigenvalue weighted by Gasteiger charge is 2.20. The highest BCUT2D eigenvalue weighted by Crippen LogP contribution is 2.27. The Morgan fingerprint density at radius 3 is 2.47 bits per heavy atom. The predicted octanol–water partition coefficient (Wildman–Crippen LogP) is 4.84. The number of hydrogen-bond donors (Lipinski definition) is 1. The lowest BCUT2D eigenvalue weighted by atomic mass is 9.99. The molecule has 0 unspecified atom stereocenters. The molecule has 1 N–H and O–H groups in total. The molecule has 0 fully saturated rings. The lowest BCUT2D eigenvalue weighted by molar-refractivity contribution is 0.0956. The number of nitrogens with one attached hydrogen (secondary N) is 1. The van der Waals surface area contributed by atoms with E-state index in [-0.39, 0.29) is 12.5 Å². The molecule has 1 amide bonds. The summed E-state index contributed by atoms with van der Waals surface area (Å²) in [6.07, 6.45) is 7.93. The van der Waals surface area contributed by atoms with E-state index in [0.717, 1.165) is 24.0 Å². The molecule has 1 aliphatic rings. The predicted molar refractivity (Wildman–Crippen MR) is 123 cm³/mol. The average molecular weight is 447 g/mol. The SMILES string of the molecule is Cc1cc(Cl)ccc1N(Cc1ccc(C(=O)NCC2=CCCCC2)cc1)S(C)(=O)=O. The van der Waals surface area contributed by atoms with Gasteiger partial charge in [0.25, 0.3) is 5.91 Å². The smallest absolute Gasteiger partial charge is 0.251 e. The van der Waals surface area contributed by atoms with Crippen molar-refractivity contribution < 1.29 is 13.2 Å². The fraction of sp³-hybridized carbons (Fsp3) is 0.348. The molecule has 0 aromatic heterocycles. The van der Waals surface area contributed by atoms with Gasteiger partial charge in [-0.05, 0) is 74.1 Å². The first-order valence-electron chi connectivity index (χ1n) is 10.0. The summed E-state index contributed by atoms with van der Waals surface area (Å²) in [6.45, 7) is 2.59. The van der Waals surface area contributed by atoms with Crippen LogP contribution in [0.3, 0.4) is 0 Å². The van der Waals surface area contributed by atoms with Crippen molar-refractivity contribution in [1.82, 2.24) is 5.32 Å². The molecule has 0 bridgehead atoms. The molecule has 2 aromatic carbocycles. The average Bonchev–Trinajstić information content (AvgIpc) is 2.71. The second-order valence-electron chi connectivity index (χ2n) is 7.69. The van der Waals surface area contributed by atoms with Gasteiger partial charge in [-0.25, -0.2) is 8.42 Å². The quantitative estimate of drug-likeness (QED) is 0.618. The summed E-state index contributed by atoms with van der Waals surface area (Å²) in [4.78, 5) is 12.4. The minimum Gasteiger partial charge on any atom is -0.348 e. The van der Waals surface area contributed by atoms with E-state index in [4.69, 9.17) is 11.6 Å². The van der Waals surface area contributed by atoms with Gasteiger partial charge in [0, 0.05) is 17.1 Å². The molecule has 0 saturated carbocycles. The maximum absolute atomic E-state index is 12.4. The largest absolute Gasteiger partial charge is 0.348 e. The zero-order chi connectivity index (χ0) is 21.7. The number of halogens is 1. The van der Waals surface area contributed by atoms with Crippen molar-refractivity contribution in [2.45, 2.75) is 39.2 Å². The first-order valence-corrected chi connectivity index (χ1v) is 12.3. The zero-order valence-electron chi connectivity index (χ0n) is 17.3. The molecule has 0 saturated heterocycles. The Morgan fingerprint density at radius 1 is 1.13 bits per heavy atom. The monoisotopic (exact) mass is 446 g/mol. The molecule has 160 valence electrons. The third-order valence-corrected chi connectivity index (χ3v) is 6.59. The van der Waals surface area contributed by atoms with Gasteiger partial charge < -0.3 is 5.32 Å². The van der Waals surface area contributed by atoms with E-state index < -0.39 is 10.0 Å². The number of benzene rings is 2. The number of rotatable bonds is 7. The van der Waals surface area contributed by atoms with Crippen LogP contribution in [0.15, 0.2) is 54.1 Å². The van der Waals surface area contributed by atoms with Gasteiger partial charge in [0.05, 0.1) is 18.5 Å². The molecular weight excluding hydrogens is 420 g/mol. The van der Waals surface area contributed by atoms with Gasteiger partial charge in [-0.15, -0.1) is 0 Å². The number of hydrogen-bond acceptors (Lipinski definition) is 3. The van der Waals surface area contributed by atoms with Gasteiger partial charge in [0.15, 0.2) is 0 Å². The Labute approximate surface area is 183 Å². The molecule has 0 spiro atoms. The molecule has 7 heteroatoms. The fourth-order valence-corrected chi connectivity index (χ4v) is 4.74. The molecule has 30 heavy (non-hydrogen) atoms. The van der Waals surface area contributed by atoms with E-state index in [9.17, 15) is 13.2 Å². The summed E-state index contributed by atoms with van der Waals surface area (Å²) in [7, 11) is -3.49. The number of anilines is 1. The summed E-state index contributed by atoms with van der Waals surface area (Å²) in [5, 5.41) is 3.53. The van der Waals surface area contributed by atoms with E-state index in [1.807, 2.05) is 6.92 Å². The van der Waals surface area contributed by atoms with Crippen molar-refractivity contribution in [3.63, 3.8) is 0 Å². The van der Waals surface area contributed by atoms with Crippen LogP contribution in [0.5, 0.6) is 0 Å². The standard InChI is InChI=1S/C23H27ClN2O3S/c1-17-14-21(24)12-13-22(17)26(30(2,28)29)16-19-8-10-20(11-9-19)23(27)25-15-18-6-4-3-5-7-18/h6,8-14H,3-5,7,15-16H2,1-2H3,(H,25,27). The molecule has 0 aliphatic heterocycles. The number of carbonyl (C=O) groups is 1. The Morgan fingerprint density at radius 2 is 1.87 bits per heavy atom. The molecule has 0 radical (unpaired) electrons. The number of aryl methyl sites for hydroxylation is 1. The normalized spacial score (nSPS) is 14.2. The highest BCUT2D eigenvalue weighted by molar-refractivity contribution is 7.92. The first kappa shape index (κ1) is 22.4. The van der Waals surface area contributed by atoms with Gasteiger partial charge >= 0.3 is 0 Å². The number of amides is 1.